The molecule has 0 spiro atoms. The number of aromatic nitrogens is 3. The summed E-state index contributed by atoms with van der Waals surface area (Å²) in [5.41, 5.74) is 1.63. The minimum absolute atomic E-state index is 0. The molecular formula is C23H38IN7O2. The quantitative estimate of drug-likeness (QED) is 0.272. The fraction of sp³-hybridized carbons (Fsp3) is 0.565. The van der Waals surface area contributed by atoms with E-state index in [1.165, 1.54) is 0 Å². The van der Waals surface area contributed by atoms with E-state index in [0.29, 0.717) is 13.1 Å². The number of nitrogens with zero attached hydrogens (tertiary/aromatic N) is 5. The zero-order valence-corrected chi connectivity index (χ0v) is 22.9. The van der Waals surface area contributed by atoms with Crippen molar-refractivity contribution in [3.63, 3.8) is 0 Å². The van der Waals surface area contributed by atoms with E-state index in [9.17, 15) is 4.79 Å². The van der Waals surface area contributed by atoms with Crippen LogP contribution in [-0.2, 0) is 30.8 Å². The van der Waals surface area contributed by atoms with Gasteiger partial charge in [-0.2, -0.15) is 0 Å². The van der Waals surface area contributed by atoms with Gasteiger partial charge in [-0.3, -0.25) is 0 Å². The van der Waals surface area contributed by atoms with Crippen LogP contribution in [0.5, 0.6) is 0 Å². The number of benzene rings is 1. The molecule has 2 rings (SSSR count). The second-order valence-electron chi connectivity index (χ2n) is 8.57. The van der Waals surface area contributed by atoms with Crippen LogP contribution >= 0.6 is 24.0 Å². The normalized spacial score (nSPS) is 11.5. The van der Waals surface area contributed by atoms with Crippen molar-refractivity contribution in [2.24, 2.45) is 4.99 Å². The highest BCUT2D eigenvalue weighted by Crippen LogP contribution is 2.12. The van der Waals surface area contributed by atoms with Gasteiger partial charge in [-0.25, -0.2) is 9.79 Å². The van der Waals surface area contributed by atoms with Crippen molar-refractivity contribution in [2.75, 3.05) is 20.1 Å². The van der Waals surface area contributed by atoms with E-state index in [1.54, 1.807) is 18.3 Å². The molecule has 0 saturated heterocycles. The van der Waals surface area contributed by atoms with Gasteiger partial charge in [0.15, 0.2) is 5.96 Å². The van der Waals surface area contributed by atoms with Crippen LogP contribution in [-0.4, -0.2) is 57.5 Å². The average molecular weight is 572 g/mol. The summed E-state index contributed by atoms with van der Waals surface area (Å²) >= 11 is 0. The van der Waals surface area contributed by atoms with Crippen LogP contribution in [0.25, 0.3) is 0 Å². The van der Waals surface area contributed by atoms with Crippen molar-refractivity contribution in [1.29, 1.82) is 0 Å². The number of amides is 1. The number of halogens is 1. The maximum absolute atomic E-state index is 12.1. The van der Waals surface area contributed by atoms with Crippen LogP contribution in [0.2, 0.25) is 0 Å². The Labute approximate surface area is 214 Å². The van der Waals surface area contributed by atoms with Gasteiger partial charge < -0.3 is 24.8 Å². The molecule has 0 saturated carbocycles. The van der Waals surface area contributed by atoms with Crippen molar-refractivity contribution in [3.05, 3.63) is 47.5 Å². The van der Waals surface area contributed by atoms with Gasteiger partial charge in [0.1, 0.15) is 17.8 Å². The summed E-state index contributed by atoms with van der Waals surface area (Å²) < 4.78 is 7.44. The lowest BCUT2D eigenvalue weighted by Crippen LogP contribution is -2.38. The SMILES string of the molecule is CCNC(=NCc1ccc(CN(C)C(=O)OC(C)(C)C)cc1)NCCn1cnnc1CC.I. The van der Waals surface area contributed by atoms with E-state index >= 15 is 0 Å². The minimum atomic E-state index is -0.501. The van der Waals surface area contributed by atoms with E-state index in [1.807, 2.05) is 56.5 Å². The van der Waals surface area contributed by atoms with E-state index in [2.05, 4.69) is 32.7 Å². The molecule has 0 fully saturated rings. The maximum Gasteiger partial charge on any atom is 0.410 e. The number of aliphatic imine (C=N–C) groups is 1. The highest BCUT2D eigenvalue weighted by Gasteiger charge is 2.19. The number of guanidine groups is 1. The minimum Gasteiger partial charge on any atom is -0.444 e. The largest absolute Gasteiger partial charge is 0.444 e. The predicted molar refractivity (Wildman–Crippen MR) is 142 cm³/mol. The number of carbonyl (C=O) groups is 1. The zero-order valence-electron chi connectivity index (χ0n) is 20.6. The van der Waals surface area contributed by atoms with Gasteiger partial charge in [0.05, 0.1) is 6.54 Å². The standard InChI is InChI=1S/C23H37N7O2.HI/c1-7-20-28-27-17-30(20)14-13-25-21(24-8-2)26-15-18-9-11-19(12-10-18)16-29(6)22(31)32-23(3,4)5;/h9-12,17H,7-8,13-16H2,1-6H3,(H2,24,25,26);1H. The van der Waals surface area contributed by atoms with Crippen molar-refractivity contribution < 1.29 is 9.53 Å². The summed E-state index contributed by atoms with van der Waals surface area (Å²) in [6.07, 6.45) is 2.29. The molecule has 0 bridgehead atoms. The highest BCUT2D eigenvalue weighted by atomic mass is 127. The van der Waals surface area contributed by atoms with Gasteiger partial charge in [0, 0.05) is 39.6 Å². The molecule has 0 aliphatic heterocycles. The van der Waals surface area contributed by atoms with Gasteiger partial charge >= 0.3 is 6.09 Å². The molecule has 1 aromatic heterocycles. The van der Waals surface area contributed by atoms with E-state index in [0.717, 1.165) is 49.0 Å². The van der Waals surface area contributed by atoms with Crippen LogP contribution < -0.4 is 10.6 Å². The fourth-order valence-corrected chi connectivity index (χ4v) is 2.97. The Bertz CT molecular complexity index is 876. The van der Waals surface area contributed by atoms with Gasteiger partial charge in [-0.05, 0) is 38.8 Å². The summed E-state index contributed by atoms with van der Waals surface area (Å²) in [7, 11) is 1.74. The Balaban J connectivity index is 0.00000544. The van der Waals surface area contributed by atoms with Crippen LogP contribution in [0, 0.1) is 0 Å². The van der Waals surface area contributed by atoms with E-state index in [-0.39, 0.29) is 30.1 Å². The van der Waals surface area contributed by atoms with Crippen molar-refractivity contribution in [2.45, 2.75) is 66.3 Å². The van der Waals surface area contributed by atoms with Crippen molar-refractivity contribution in [1.82, 2.24) is 30.3 Å². The Kier molecular flexibility index (Phi) is 12.2. The monoisotopic (exact) mass is 571 g/mol. The zero-order chi connectivity index (χ0) is 23.6. The molecule has 1 heterocycles. The molecule has 0 aliphatic rings. The Morgan fingerprint density at radius 2 is 1.82 bits per heavy atom. The number of nitrogens with one attached hydrogen (secondary N) is 2. The van der Waals surface area contributed by atoms with Crippen LogP contribution in [0.4, 0.5) is 4.79 Å². The lowest BCUT2D eigenvalue weighted by atomic mass is 10.1. The summed E-state index contributed by atoms with van der Waals surface area (Å²) in [4.78, 5) is 18.4. The summed E-state index contributed by atoms with van der Waals surface area (Å²) in [5.74, 6) is 1.75. The molecule has 0 unspecified atom stereocenters. The van der Waals surface area contributed by atoms with E-state index in [4.69, 9.17) is 4.74 Å². The third-order valence-electron chi connectivity index (χ3n) is 4.57. The smallest absolute Gasteiger partial charge is 0.410 e. The summed E-state index contributed by atoms with van der Waals surface area (Å²) in [6.45, 7) is 13.0. The second-order valence-corrected chi connectivity index (χ2v) is 8.57. The molecule has 1 amide bonds. The van der Waals surface area contributed by atoms with Gasteiger partial charge in [-0.15, -0.1) is 34.2 Å². The van der Waals surface area contributed by atoms with Gasteiger partial charge in [0.2, 0.25) is 0 Å². The lowest BCUT2D eigenvalue weighted by molar-refractivity contribution is 0.0285. The summed E-state index contributed by atoms with van der Waals surface area (Å²) in [6, 6.07) is 8.11. The molecule has 33 heavy (non-hydrogen) atoms. The van der Waals surface area contributed by atoms with Crippen LogP contribution in [0.3, 0.4) is 0 Å². The molecule has 2 N–H and O–H groups in total. The number of ether oxygens (including phenoxy) is 1. The Hall–Kier alpha value is -2.37. The molecular weight excluding hydrogens is 533 g/mol. The first-order chi connectivity index (χ1) is 15.2. The first-order valence-corrected chi connectivity index (χ1v) is 11.1. The number of rotatable bonds is 9. The topological polar surface area (TPSA) is 96.7 Å². The first kappa shape index (κ1) is 28.7. The molecule has 10 heteroatoms. The molecule has 2 aromatic rings. The highest BCUT2D eigenvalue weighted by molar-refractivity contribution is 14.0. The number of aryl methyl sites for hydroxylation is 1. The van der Waals surface area contributed by atoms with Gasteiger partial charge in [-0.1, -0.05) is 31.2 Å². The molecule has 0 atom stereocenters. The van der Waals surface area contributed by atoms with Crippen molar-refractivity contribution >= 4 is 36.0 Å². The van der Waals surface area contributed by atoms with Crippen molar-refractivity contribution in [3.8, 4) is 0 Å². The predicted octanol–water partition coefficient (Wildman–Crippen LogP) is 3.58. The molecule has 0 aliphatic carbocycles. The Morgan fingerprint density at radius 1 is 1.15 bits per heavy atom. The second kappa shape index (κ2) is 14.0. The number of hydrogen-bond acceptors (Lipinski definition) is 5. The Morgan fingerprint density at radius 3 is 2.42 bits per heavy atom. The average Bonchev–Trinajstić information content (AvgIpc) is 3.19. The maximum atomic E-state index is 12.1. The summed E-state index contributed by atoms with van der Waals surface area (Å²) in [5, 5.41) is 14.7. The fourth-order valence-electron chi connectivity index (χ4n) is 2.97. The number of carbonyl (C=O) groups excluding carboxylic acids is 1. The molecule has 0 radical (unpaired) electrons. The van der Waals surface area contributed by atoms with Crippen LogP contribution in [0.15, 0.2) is 35.6 Å². The van der Waals surface area contributed by atoms with Gasteiger partial charge in [0.25, 0.3) is 0 Å². The molecule has 184 valence electrons. The third kappa shape index (κ3) is 10.4. The third-order valence-corrected chi connectivity index (χ3v) is 4.57. The molecule has 1 aromatic carbocycles. The van der Waals surface area contributed by atoms with Crippen LogP contribution in [0.1, 0.15) is 51.6 Å². The first-order valence-electron chi connectivity index (χ1n) is 11.1. The lowest BCUT2D eigenvalue weighted by Gasteiger charge is -2.24. The van der Waals surface area contributed by atoms with E-state index < -0.39 is 5.60 Å². The number of hydrogen-bond donors (Lipinski definition) is 2. The molecule has 9 nitrogen and oxygen atoms in total.